The molecule has 0 aliphatic heterocycles. The van der Waals surface area contributed by atoms with Gasteiger partial charge in [-0.1, -0.05) is 39.0 Å². The van der Waals surface area contributed by atoms with Gasteiger partial charge >= 0.3 is 6.03 Å². The molecule has 0 saturated heterocycles. The number of para-hydroxylation sites is 1. The van der Waals surface area contributed by atoms with Crippen molar-refractivity contribution in [3.8, 4) is 0 Å². The van der Waals surface area contributed by atoms with Crippen molar-refractivity contribution >= 4 is 23.1 Å². The minimum atomic E-state index is -0.298. The number of allylic oxidation sites excluding steroid dienone is 1. The second kappa shape index (κ2) is 7.93. The standard InChI is InChI=1S/C20H27N5O/c1-14-7-5-6-8-17(14)24-19(26)23-15-9-11-16(12-10-15)25(22)13-18(21)20(2,3)4/h5-13H,21-22H2,1-4H3,(H2,23,24,26)/b18-13-. The van der Waals surface area contributed by atoms with E-state index in [1.54, 1.807) is 18.3 Å². The molecule has 0 atom stereocenters. The number of benzene rings is 2. The van der Waals surface area contributed by atoms with Crippen molar-refractivity contribution in [2.75, 3.05) is 15.6 Å². The first-order valence-electron chi connectivity index (χ1n) is 8.42. The molecule has 138 valence electrons. The number of carbonyl (C=O) groups is 1. The van der Waals surface area contributed by atoms with Crippen molar-refractivity contribution in [1.29, 1.82) is 0 Å². The molecule has 2 aromatic carbocycles. The van der Waals surface area contributed by atoms with E-state index in [1.165, 1.54) is 5.01 Å². The van der Waals surface area contributed by atoms with Gasteiger partial charge in [0.1, 0.15) is 0 Å². The molecule has 0 unspecified atom stereocenters. The van der Waals surface area contributed by atoms with E-state index >= 15 is 0 Å². The molecular weight excluding hydrogens is 326 g/mol. The van der Waals surface area contributed by atoms with Crippen molar-refractivity contribution < 1.29 is 4.79 Å². The zero-order chi connectivity index (χ0) is 19.3. The number of hydrazine groups is 1. The molecule has 0 bridgehead atoms. The van der Waals surface area contributed by atoms with Crippen molar-refractivity contribution in [2.24, 2.45) is 17.0 Å². The topological polar surface area (TPSA) is 96.4 Å². The predicted molar refractivity (Wildman–Crippen MR) is 109 cm³/mol. The lowest BCUT2D eigenvalue weighted by Crippen LogP contribution is -2.29. The van der Waals surface area contributed by atoms with Crippen LogP contribution in [0.4, 0.5) is 21.9 Å². The molecule has 0 fully saturated rings. The third-order valence-corrected chi connectivity index (χ3v) is 3.96. The Morgan fingerprint density at radius 2 is 1.65 bits per heavy atom. The van der Waals surface area contributed by atoms with Crippen LogP contribution < -0.4 is 27.2 Å². The summed E-state index contributed by atoms with van der Waals surface area (Å²) >= 11 is 0. The Balaban J connectivity index is 2.01. The number of amides is 2. The van der Waals surface area contributed by atoms with Crippen LogP contribution in [-0.4, -0.2) is 6.03 Å². The highest BCUT2D eigenvalue weighted by atomic mass is 16.2. The molecule has 26 heavy (non-hydrogen) atoms. The fourth-order valence-electron chi connectivity index (χ4n) is 2.13. The fraction of sp³-hybridized carbons (Fsp3) is 0.250. The molecule has 0 aromatic heterocycles. The largest absolute Gasteiger partial charge is 0.400 e. The second-order valence-corrected chi connectivity index (χ2v) is 7.18. The number of carbonyl (C=O) groups excluding carboxylic acids is 1. The lowest BCUT2D eigenvalue weighted by molar-refractivity contribution is 0.262. The minimum absolute atomic E-state index is 0.160. The Kier molecular flexibility index (Phi) is 5.90. The average molecular weight is 353 g/mol. The summed E-state index contributed by atoms with van der Waals surface area (Å²) in [6.07, 6.45) is 1.70. The van der Waals surface area contributed by atoms with Crippen LogP contribution in [0.5, 0.6) is 0 Å². The minimum Gasteiger partial charge on any atom is -0.400 e. The van der Waals surface area contributed by atoms with Crippen molar-refractivity contribution in [2.45, 2.75) is 27.7 Å². The maximum atomic E-state index is 12.1. The first kappa shape index (κ1) is 19.3. The molecule has 2 amide bonds. The molecular formula is C20H27N5O. The lowest BCUT2D eigenvalue weighted by Gasteiger charge is -2.22. The number of rotatable bonds is 4. The van der Waals surface area contributed by atoms with Gasteiger partial charge in [-0.2, -0.15) is 0 Å². The fourth-order valence-corrected chi connectivity index (χ4v) is 2.13. The maximum Gasteiger partial charge on any atom is 0.323 e. The number of hydrogen-bond acceptors (Lipinski definition) is 4. The van der Waals surface area contributed by atoms with Gasteiger partial charge in [0.25, 0.3) is 0 Å². The Morgan fingerprint density at radius 3 is 2.23 bits per heavy atom. The monoisotopic (exact) mass is 353 g/mol. The van der Waals surface area contributed by atoms with Crippen LogP contribution in [0.1, 0.15) is 26.3 Å². The number of hydrogen-bond donors (Lipinski definition) is 4. The summed E-state index contributed by atoms with van der Waals surface area (Å²) in [6, 6.07) is 14.5. The van der Waals surface area contributed by atoms with Crippen LogP contribution in [0.25, 0.3) is 0 Å². The number of nitrogens with one attached hydrogen (secondary N) is 2. The van der Waals surface area contributed by atoms with E-state index in [4.69, 9.17) is 11.6 Å². The highest BCUT2D eigenvalue weighted by Gasteiger charge is 2.14. The van der Waals surface area contributed by atoms with E-state index in [9.17, 15) is 4.79 Å². The SMILES string of the molecule is Cc1ccccc1NC(=O)Nc1ccc(N(N)/C=C(\N)C(C)(C)C)cc1. The number of urea groups is 1. The van der Waals surface area contributed by atoms with E-state index in [-0.39, 0.29) is 11.4 Å². The van der Waals surface area contributed by atoms with Crippen molar-refractivity contribution in [3.63, 3.8) is 0 Å². The molecule has 2 rings (SSSR count). The second-order valence-electron chi connectivity index (χ2n) is 7.18. The van der Waals surface area contributed by atoms with Crippen molar-refractivity contribution in [3.05, 3.63) is 66.0 Å². The zero-order valence-electron chi connectivity index (χ0n) is 15.7. The smallest absolute Gasteiger partial charge is 0.323 e. The molecule has 6 nitrogen and oxygen atoms in total. The highest BCUT2D eigenvalue weighted by Crippen LogP contribution is 2.23. The van der Waals surface area contributed by atoms with E-state index in [2.05, 4.69) is 10.6 Å². The summed E-state index contributed by atoms with van der Waals surface area (Å²) in [5.74, 6) is 6.04. The molecule has 0 saturated carbocycles. The number of nitrogens with two attached hydrogens (primary N) is 2. The lowest BCUT2D eigenvalue weighted by atomic mass is 9.93. The van der Waals surface area contributed by atoms with Gasteiger partial charge in [-0.25, -0.2) is 10.6 Å². The first-order valence-corrected chi connectivity index (χ1v) is 8.42. The molecule has 6 N–H and O–H groups in total. The van der Waals surface area contributed by atoms with E-state index < -0.39 is 0 Å². The Bertz CT molecular complexity index is 791. The third kappa shape index (κ3) is 5.26. The summed E-state index contributed by atoms with van der Waals surface area (Å²) in [4.78, 5) is 12.1. The molecule has 0 radical (unpaired) electrons. The molecule has 2 aromatic rings. The van der Waals surface area contributed by atoms with Gasteiger partial charge in [-0.3, -0.25) is 5.01 Å². The summed E-state index contributed by atoms with van der Waals surface area (Å²) in [6.45, 7) is 8.00. The molecule has 0 aliphatic carbocycles. The van der Waals surface area contributed by atoms with Crippen LogP contribution in [0.3, 0.4) is 0 Å². The van der Waals surface area contributed by atoms with Crippen LogP contribution >= 0.6 is 0 Å². The van der Waals surface area contributed by atoms with Crippen LogP contribution in [0.2, 0.25) is 0 Å². The van der Waals surface area contributed by atoms with Gasteiger partial charge < -0.3 is 16.4 Å². The average Bonchev–Trinajstić information content (AvgIpc) is 2.56. The van der Waals surface area contributed by atoms with Crippen LogP contribution in [0, 0.1) is 12.3 Å². The predicted octanol–water partition coefficient (Wildman–Crippen LogP) is 4.17. The number of aryl methyl sites for hydroxylation is 1. The van der Waals surface area contributed by atoms with Crippen molar-refractivity contribution in [1.82, 2.24) is 0 Å². The van der Waals surface area contributed by atoms with Gasteiger partial charge in [0.2, 0.25) is 0 Å². The molecule has 0 aliphatic rings. The van der Waals surface area contributed by atoms with Crippen LogP contribution in [0.15, 0.2) is 60.4 Å². The van der Waals surface area contributed by atoms with Gasteiger partial charge in [0.05, 0.1) is 5.69 Å². The zero-order valence-corrected chi connectivity index (χ0v) is 15.7. The maximum absolute atomic E-state index is 12.1. The Labute approximate surface area is 154 Å². The summed E-state index contributed by atoms with van der Waals surface area (Å²) < 4.78 is 0. The normalized spacial score (nSPS) is 11.8. The van der Waals surface area contributed by atoms with E-state index in [0.717, 1.165) is 16.9 Å². The van der Waals surface area contributed by atoms with E-state index in [0.29, 0.717) is 11.4 Å². The summed E-state index contributed by atoms with van der Waals surface area (Å²) in [7, 11) is 0. The van der Waals surface area contributed by atoms with Gasteiger partial charge in [-0.15, -0.1) is 0 Å². The summed E-state index contributed by atoms with van der Waals surface area (Å²) in [5.41, 5.74) is 9.77. The Hall–Kier alpha value is -2.99. The third-order valence-electron chi connectivity index (χ3n) is 3.96. The highest BCUT2D eigenvalue weighted by molar-refractivity contribution is 6.00. The van der Waals surface area contributed by atoms with Crippen LogP contribution in [-0.2, 0) is 0 Å². The first-order chi connectivity index (χ1) is 12.2. The number of nitrogens with zero attached hydrogens (tertiary/aromatic N) is 1. The van der Waals surface area contributed by atoms with Gasteiger partial charge in [-0.05, 0) is 42.8 Å². The molecule has 0 heterocycles. The summed E-state index contributed by atoms with van der Waals surface area (Å²) in [5, 5.41) is 7.10. The van der Waals surface area contributed by atoms with Gasteiger partial charge in [0, 0.05) is 28.7 Å². The number of anilines is 3. The van der Waals surface area contributed by atoms with Gasteiger partial charge in [0.15, 0.2) is 0 Å². The quantitative estimate of drug-likeness (QED) is 0.490. The molecule has 6 heteroatoms. The Morgan fingerprint density at radius 1 is 1.04 bits per heavy atom. The molecule has 0 spiro atoms. The van der Waals surface area contributed by atoms with E-state index in [1.807, 2.05) is 64.1 Å².